The van der Waals surface area contributed by atoms with Gasteiger partial charge in [-0.1, -0.05) is 15.9 Å². The van der Waals surface area contributed by atoms with Crippen molar-refractivity contribution in [1.29, 1.82) is 0 Å². The molecule has 0 saturated heterocycles. The smallest absolute Gasteiger partial charge is 0.259 e. The standard InChI is InChI=1S/C12H11BrIN3O/c1-7-9(6-17(2)16-7)12(18)15-11-5-8(13)3-4-10(11)14/h3-6H,1-2H3,(H,15,18). The van der Waals surface area contributed by atoms with E-state index in [0.29, 0.717) is 5.56 Å². The Balaban J connectivity index is 2.26. The van der Waals surface area contributed by atoms with E-state index in [1.54, 1.807) is 17.9 Å². The average Bonchev–Trinajstić information content (AvgIpc) is 2.63. The van der Waals surface area contributed by atoms with Gasteiger partial charge in [0.15, 0.2) is 0 Å². The zero-order valence-electron chi connectivity index (χ0n) is 9.87. The molecule has 4 nitrogen and oxygen atoms in total. The van der Waals surface area contributed by atoms with Gasteiger partial charge in [0, 0.05) is 21.3 Å². The van der Waals surface area contributed by atoms with Crippen LogP contribution in [0.2, 0.25) is 0 Å². The lowest BCUT2D eigenvalue weighted by Crippen LogP contribution is -2.13. The fourth-order valence-corrected chi connectivity index (χ4v) is 2.44. The topological polar surface area (TPSA) is 46.9 Å². The first-order valence-electron chi connectivity index (χ1n) is 5.24. The summed E-state index contributed by atoms with van der Waals surface area (Å²) in [6.07, 6.45) is 1.72. The number of amides is 1. The van der Waals surface area contributed by atoms with Crippen molar-refractivity contribution in [2.45, 2.75) is 6.92 Å². The van der Waals surface area contributed by atoms with E-state index in [-0.39, 0.29) is 5.91 Å². The zero-order valence-corrected chi connectivity index (χ0v) is 13.6. The summed E-state index contributed by atoms with van der Waals surface area (Å²) in [6, 6.07) is 5.76. The largest absolute Gasteiger partial charge is 0.321 e. The second-order valence-electron chi connectivity index (χ2n) is 3.88. The van der Waals surface area contributed by atoms with Crippen molar-refractivity contribution < 1.29 is 4.79 Å². The van der Waals surface area contributed by atoms with E-state index in [9.17, 15) is 4.79 Å². The molecule has 0 atom stereocenters. The summed E-state index contributed by atoms with van der Waals surface area (Å²) in [5.74, 6) is -0.142. The second kappa shape index (κ2) is 5.40. The minimum atomic E-state index is -0.142. The Morgan fingerprint density at radius 1 is 1.50 bits per heavy atom. The van der Waals surface area contributed by atoms with E-state index in [0.717, 1.165) is 19.4 Å². The number of anilines is 1. The van der Waals surface area contributed by atoms with Crippen molar-refractivity contribution >= 4 is 50.1 Å². The van der Waals surface area contributed by atoms with Crippen LogP contribution in [0, 0.1) is 10.5 Å². The van der Waals surface area contributed by atoms with Crippen LogP contribution in [0.5, 0.6) is 0 Å². The molecule has 1 heterocycles. The quantitative estimate of drug-likeness (QED) is 0.759. The molecular weight excluding hydrogens is 409 g/mol. The number of benzene rings is 1. The summed E-state index contributed by atoms with van der Waals surface area (Å²) in [7, 11) is 1.80. The first-order valence-corrected chi connectivity index (χ1v) is 7.11. The van der Waals surface area contributed by atoms with Gasteiger partial charge in [-0.15, -0.1) is 0 Å². The number of carbonyl (C=O) groups excluding carboxylic acids is 1. The third-order valence-electron chi connectivity index (χ3n) is 2.43. The number of carbonyl (C=O) groups is 1. The summed E-state index contributed by atoms with van der Waals surface area (Å²) in [5.41, 5.74) is 2.10. The van der Waals surface area contributed by atoms with Crippen LogP contribution >= 0.6 is 38.5 Å². The van der Waals surface area contributed by atoms with Crippen molar-refractivity contribution in [3.8, 4) is 0 Å². The summed E-state index contributed by atoms with van der Waals surface area (Å²) in [4.78, 5) is 12.1. The van der Waals surface area contributed by atoms with Crippen molar-refractivity contribution in [1.82, 2.24) is 9.78 Å². The van der Waals surface area contributed by atoms with Crippen molar-refractivity contribution in [3.63, 3.8) is 0 Å². The zero-order chi connectivity index (χ0) is 13.3. The van der Waals surface area contributed by atoms with E-state index in [1.807, 2.05) is 25.1 Å². The SMILES string of the molecule is Cc1nn(C)cc1C(=O)Nc1cc(Br)ccc1I. The molecule has 1 aromatic heterocycles. The first kappa shape index (κ1) is 13.5. The molecular formula is C12H11BrIN3O. The number of rotatable bonds is 2. The van der Waals surface area contributed by atoms with Gasteiger partial charge in [0.1, 0.15) is 0 Å². The Hall–Kier alpha value is -0.890. The molecule has 1 N–H and O–H groups in total. The third kappa shape index (κ3) is 2.92. The van der Waals surface area contributed by atoms with Crippen LogP contribution in [0.4, 0.5) is 5.69 Å². The van der Waals surface area contributed by atoms with Gasteiger partial charge in [-0.05, 0) is 47.7 Å². The van der Waals surface area contributed by atoms with E-state index in [1.165, 1.54) is 0 Å². The molecule has 0 spiro atoms. The Bertz CT molecular complexity index is 609. The van der Waals surface area contributed by atoms with Crippen LogP contribution in [-0.2, 0) is 7.05 Å². The van der Waals surface area contributed by atoms with E-state index in [4.69, 9.17) is 0 Å². The number of hydrogen-bond donors (Lipinski definition) is 1. The monoisotopic (exact) mass is 419 g/mol. The van der Waals surface area contributed by atoms with Gasteiger partial charge in [-0.25, -0.2) is 0 Å². The van der Waals surface area contributed by atoms with Crippen molar-refractivity contribution in [2.24, 2.45) is 7.05 Å². The predicted octanol–water partition coefficient (Wildman–Crippen LogP) is 3.35. The summed E-state index contributed by atoms with van der Waals surface area (Å²) < 4.78 is 3.56. The molecule has 0 bridgehead atoms. The highest BCUT2D eigenvalue weighted by molar-refractivity contribution is 14.1. The van der Waals surface area contributed by atoms with Gasteiger partial charge in [-0.2, -0.15) is 5.10 Å². The number of nitrogens with zero attached hydrogens (tertiary/aromatic N) is 2. The van der Waals surface area contributed by atoms with E-state index in [2.05, 4.69) is 48.9 Å². The summed E-state index contributed by atoms with van der Waals surface area (Å²) in [5, 5.41) is 7.05. The number of halogens is 2. The molecule has 1 amide bonds. The van der Waals surface area contributed by atoms with Gasteiger partial charge in [-0.3, -0.25) is 9.48 Å². The van der Waals surface area contributed by atoms with Gasteiger partial charge >= 0.3 is 0 Å². The number of aryl methyl sites for hydroxylation is 2. The molecule has 2 aromatic rings. The molecule has 0 unspecified atom stereocenters. The van der Waals surface area contributed by atoms with Crippen LogP contribution < -0.4 is 5.32 Å². The van der Waals surface area contributed by atoms with Crippen LogP contribution in [0.15, 0.2) is 28.9 Å². The highest BCUT2D eigenvalue weighted by Gasteiger charge is 2.13. The average molecular weight is 420 g/mol. The van der Waals surface area contributed by atoms with Gasteiger partial charge in [0.2, 0.25) is 0 Å². The molecule has 2 rings (SSSR count). The van der Waals surface area contributed by atoms with Crippen molar-refractivity contribution in [3.05, 3.63) is 43.7 Å². The molecule has 0 aliphatic carbocycles. The number of nitrogens with one attached hydrogen (secondary N) is 1. The highest BCUT2D eigenvalue weighted by atomic mass is 127. The molecule has 0 saturated carbocycles. The molecule has 18 heavy (non-hydrogen) atoms. The fraction of sp³-hybridized carbons (Fsp3) is 0.167. The Morgan fingerprint density at radius 2 is 2.22 bits per heavy atom. The minimum absolute atomic E-state index is 0.142. The predicted molar refractivity (Wildman–Crippen MR) is 82.8 cm³/mol. The maximum absolute atomic E-state index is 12.1. The number of aromatic nitrogens is 2. The van der Waals surface area contributed by atoms with Gasteiger partial charge in [0.25, 0.3) is 5.91 Å². The van der Waals surface area contributed by atoms with Crippen molar-refractivity contribution in [2.75, 3.05) is 5.32 Å². The Morgan fingerprint density at radius 3 is 2.83 bits per heavy atom. The summed E-state index contributed by atoms with van der Waals surface area (Å²) >= 11 is 5.58. The molecule has 1 aromatic carbocycles. The normalized spacial score (nSPS) is 10.4. The molecule has 0 radical (unpaired) electrons. The third-order valence-corrected chi connectivity index (χ3v) is 3.87. The lowest BCUT2D eigenvalue weighted by atomic mass is 10.2. The second-order valence-corrected chi connectivity index (χ2v) is 5.96. The maximum Gasteiger partial charge on any atom is 0.259 e. The molecule has 94 valence electrons. The van der Waals surface area contributed by atoms with Crippen LogP contribution in [0.3, 0.4) is 0 Å². The summed E-state index contributed by atoms with van der Waals surface area (Å²) in [6.45, 7) is 1.82. The van der Waals surface area contributed by atoms with E-state index >= 15 is 0 Å². The Kier molecular flexibility index (Phi) is 4.06. The first-order chi connectivity index (χ1) is 8.47. The fourth-order valence-electron chi connectivity index (χ4n) is 1.61. The minimum Gasteiger partial charge on any atom is -0.321 e. The number of hydrogen-bond acceptors (Lipinski definition) is 2. The molecule has 0 aliphatic heterocycles. The van der Waals surface area contributed by atoms with Crippen LogP contribution in [-0.4, -0.2) is 15.7 Å². The lowest BCUT2D eigenvalue weighted by molar-refractivity contribution is 0.102. The van der Waals surface area contributed by atoms with Crippen LogP contribution in [0.1, 0.15) is 16.1 Å². The van der Waals surface area contributed by atoms with E-state index < -0.39 is 0 Å². The van der Waals surface area contributed by atoms with Crippen LogP contribution in [0.25, 0.3) is 0 Å². The molecule has 0 aliphatic rings. The maximum atomic E-state index is 12.1. The molecule has 6 heteroatoms. The van der Waals surface area contributed by atoms with Gasteiger partial charge in [0.05, 0.1) is 16.9 Å². The lowest BCUT2D eigenvalue weighted by Gasteiger charge is -2.07. The van der Waals surface area contributed by atoms with Gasteiger partial charge < -0.3 is 5.32 Å². The highest BCUT2D eigenvalue weighted by Crippen LogP contribution is 2.23. The Labute approximate surface area is 127 Å². The molecule has 0 fully saturated rings.